The zero-order chi connectivity index (χ0) is 16.8. The number of benzene rings is 1. The molecule has 0 bridgehead atoms. The van der Waals surface area contributed by atoms with Crippen LogP contribution in [0.2, 0.25) is 0 Å². The first-order valence-electron chi connectivity index (χ1n) is 7.86. The van der Waals surface area contributed by atoms with Gasteiger partial charge in [0, 0.05) is 27.7 Å². The highest BCUT2D eigenvalue weighted by Gasteiger charge is 2.14. The summed E-state index contributed by atoms with van der Waals surface area (Å²) in [5.74, 6) is 0.267. The first kappa shape index (κ1) is 17.6. The lowest BCUT2D eigenvalue weighted by Crippen LogP contribution is -2.22. The number of rotatable bonds is 8. The maximum absolute atomic E-state index is 10.7. The van der Waals surface area contributed by atoms with E-state index < -0.39 is 5.97 Å². The van der Waals surface area contributed by atoms with Crippen molar-refractivity contribution >= 4 is 28.6 Å². The number of thioether (sulfide) groups is 1. The maximum atomic E-state index is 10.7. The summed E-state index contributed by atoms with van der Waals surface area (Å²) in [5, 5.41) is 11.8. The lowest BCUT2D eigenvalue weighted by molar-refractivity contribution is -0.305. The zero-order valence-electron chi connectivity index (χ0n) is 13.8. The molecule has 5 heteroatoms. The summed E-state index contributed by atoms with van der Waals surface area (Å²) in [6.07, 6.45) is 3.20. The number of aliphatic carboxylic acids is 1. The monoisotopic (exact) mass is 332 g/mol. The van der Waals surface area contributed by atoms with Crippen LogP contribution in [-0.4, -0.2) is 23.8 Å². The quantitative estimate of drug-likeness (QED) is 0.695. The molecule has 0 atom stereocenters. The van der Waals surface area contributed by atoms with E-state index in [1.807, 2.05) is 25.1 Å². The Labute approximate surface area is 141 Å². The van der Waals surface area contributed by atoms with Gasteiger partial charge in [-0.3, -0.25) is 4.98 Å². The van der Waals surface area contributed by atoms with Crippen molar-refractivity contribution in [3.8, 4) is 5.75 Å². The summed E-state index contributed by atoms with van der Waals surface area (Å²) in [6.45, 7) is 4.19. The number of aromatic nitrogens is 1. The Kier molecular flexibility index (Phi) is 6.28. The first-order valence-corrected chi connectivity index (χ1v) is 8.85. The van der Waals surface area contributed by atoms with Gasteiger partial charge in [-0.2, -0.15) is 0 Å². The lowest BCUT2D eigenvalue weighted by atomic mass is 10.0. The normalized spacial score (nSPS) is 10.9. The van der Waals surface area contributed by atoms with Crippen molar-refractivity contribution in [3.05, 3.63) is 29.5 Å². The Bertz CT molecular complexity index is 700. The third kappa shape index (κ3) is 4.38. The minimum absolute atomic E-state index is 0.0463. The maximum Gasteiger partial charge on any atom is 0.119 e. The third-order valence-electron chi connectivity index (χ3n) is 3.78. The second-order valence-electron chi connectivity index (χ2n) is 5.46. The number of ether oxygens (including phenoxy) is 1. The average Bonchev–Trinajstić information content (AvgIpc) is 2.53. The lowest BCUT2D eigenvalue weighted by Gasteiger charge is -2.16. The van der Waals surface area contributed by atoms with E-state index in [9.17, 15) is 9.90 Å². The smallest absolute Gasteiger partial charge is 0.119 e. The van der Waals surface area contributed by atoms with E-state index in [1.165, 1.54) is 5.56 Å². The van der Waals surface area contributed by atoms with Crippen LogP contribution in [0.5, 0.6) is 5.75 Å². The van der Waals surface area contributed by atoms with Crippen LogP contribution in [0.1, 0.15) is 37.4 Å². The second kappa shape index (κ2) is 8.20. The summed E-state index contributed by atoms with van der Waals surface area (Å²) in [6, 6.07) is 5.84. The van der Waals surface area contributed by atoms with Crippen molar-refractivity contribution in [2.45, 2.75) is 44.4 Å². The van der Waals surface area contributed by atoms with Crippen molar-refractivity contribution in [1.82, 2.24) is 4.98 Å². The number of carboxylic acid groups (broad SMARTS) is 1. The average molecular weight is 332 g/mol. The Morgan fingerprint density at radius 3 is 2.83 bits per heavy atom. The number of carboxylic acids is 1. The highest BCUT2D eigenvalue weighted by Crippen LogP contribution is 2.35. The highest BCUT2D eigenvalue weighted by molar-refractivity contribution is 7.99. The van der Waals surface area contributed by atoms with E-state index in [4.69, 9.17) is 9.72 Å². The molecule has 0 fully saturated rings. The molecule has 0 N–H and O–H groups in total. The van der Waals surface area contributed by atoms with Gasteiger partial charge in [0.25, 0.3) is 0 Å². The first-order chi connectivity index (χ1) is 11.1. The van der Waals surface area contributed by atoms with Crippen LogP contribution in [0.4, 0.5) is 0 Å². The van der Waals surface area contributed by atoms with Gasteiger partial charge >= 0.3 is 0 Å². The molecule has 0 amide bonds. The van der Waals surface area contributed by atoms with E-state index in [-0.39, 0.29) is 6.42 Å². The molecule has 0 unspecified atom stereocenters. The number of methoxy groups -OCH3 is 1. The summed E-state index contributed by atoms with van der Waals surface area (Å²) >= 11 is 1.57. The molecule has 0 spiro atoms. The molecular formula is C18H22NO3S-. The van der Waals surface area contributed by atoms with E-state index in [0.29, 0.717) is 5.75 Å². The minimum atomic E-state index is -1.01. The Morgan fingerprint density at radius 2 is 2.17 bits per heavy atom. The molecule has 0 saturated carbocycles. The number of hydrogen-bond donors (Lipinski definition) is 0. The predicted octanol–water partition coefficient (Wildman–Crippen LogP) is 3.13. The molecule has 0 saturated heterocycles. The molecule has 0 aliphatic heterocycles. The van der Waals surface area contributed by atoms with Crippen LogP contribution in [-0.2, 0) is 11.2 Å². The van der Waals surface area contributed by atoms with Crippen molar-refractivity contribution < 1.29 is 14.6 Å². The highest BCUT2D eigenvalue weighted by atomic mass is 32.2. The standard InChI is InChI=1S/C18H23NO3S/c1-4-5-6-14-12(2)19-16-8-7-13(22-3)11-15(16)18(14)23-10-9-17(20)21/h7-8,11H,4-6,9-10H2,1-3H3,(H,20,21)/p-1. The van der Waals surface area contributed by atoms with Crippen LogP contribution in [0.25, 0.3) is 10.9 Å². The Balaban J connectivity index is 2.50. The minimum Gasteiger partial charge on any atom is -0.550 e. The number of carbonyl (C=O) groups excluding carboxylic acids is 1. The molecule has 0 aliphatic carbocycles. The summed E-state index contributed by atoms with van der Waals surface area (Å²) in [7, 11) is 1.64. The van der Waals surface area contributed by atoms with Gasteiger partial charge in [-0.15, -0.1) is 11.8 Å². The van der Waals surface area contributed by atoms with Gasteiger partial charge in [-0.25, -0.2) is 0 Å². The van der Waals surface area contributed by atoms with Crippen molar-refractivity contribution in [3.63, 3.8) is 0 Å². The van der Waals surface area contributed by atoms with Crippen molar-refractivity contribution in [1.29, 1.82) is 0 Å². The third-order valence-corrected chi connectivity index (χ3v) is 4.94. The number of nitrogens with zero attached hydrogens (tertiary/aromatic N) is 1. The fourth-order valence-corrected chi connectivity index (χ4v) is 3.76. The molecule has 23 heavy (non-hydrogen) atoms. The topological polar surface area (TPSA) is 62.2 Å². The molecule has 0 radical (unpaired) electrons. The van der Waals surface area contributed by atoms with E-state index >= 15 is 0 Å². The van der Waals surface area contributed by atoms with Gasteiger partial charge < -0.3 is 14.6 Å². The molecular weight excluding hydrogens is 310 g/mol. The molecule has 2 rings (SSSR count). The molecule has 0 aliphatic rings. The fraction of sp³-hybridized carbons (Fsp3) is 0.444. The van der Waals surface area contributed by atoms with Crippen LogP contribution >= 0.6 is 11.8 Å². The van der Waals surface area contributed by atoms with Gasteiger partial charge in [-0.1, -0.05) is 13.3 Å². The van der Waals surface area contributed by atoms with Gasteiger partial charge in [0.15, 0.2) is 0 Å². The summed E-state index contributed by atoms with van der Waals surface area (Å²) in [4.78, 5) is 16.6. The van der Waals surface area contributed by atoms with E-state index in [1.54, 1.807) is 18.9 Å². The van der Waals surface area contributed by atoms with E-state index in [0.717, 1.165) is 46.5 Å². The van der Waals surface area contributed by atoms with E-state index in [2.05, 4.69) is 6.92 Å². The van der Waals surface area contributed by atoms with Crippen molar-refractivity contribution in [2.24, 2.45) is 0 Å². The molecule has 1 aromatic heterocycles. The number of unbranched alkanes of at least 4 members (excludes halogenated alkanes) is 1. The number of fused-ring (bicyclic) bond motifs is 1. The largest absolute Gasteiger partial charge is 0.550 e. The van der Waals surface area contributed by atoms with Crippen LogP contribution in [0.3, 0.4) is 0 Å². The SMILES string of the molecule is CCCCc1c(C)nc2ccc(OC)cc2c1SCCC(=O)[O-]. The fourth-order valence-electron chi connectivity index (χ4n) is 2.55. The Morgan fingerprint density at radius 1 is 1.39 bits per heavy atom. The molecule has 2 aromatic rings. The number of aryl methyl sites for hydroxylation is 1. The second-order valence-corrected chi connectivity index (χ2v) is 6.57. The molecule has 124 valence electrons. The Hall–Kier alpha value is -1.75. The van der Waals surface area contributed by atoms with Gasteiger partial charge in [-0.05, 0) is 49.9 Å². The van der Waals surface area contributed by atoms with Crippen LogP contribution < -0.4 is 9.84 Å². The summed E-state index contributed by atoms with van der Waals surface area (Å²) < 4.78 is 5.33. The number of hydrogen-bond acceptors (Lipinski definition) is 5. The van der Waals surface area contributed by atoms with Gasteiger partial charge in [0.05, 0.1) is 12.6 Å². The van der Waals surface area contributed by atoms with Crippen LogP contribution in [0.15, 0.2) is 23.1 Å². The molecule has 1 heterocycles. The van der Waals surface area contributed by atoms with Crippen LogP contribution in [0, 0.1) is 6.92 Å². The molecule has 4 nitrogen and oxygen atoms in total. The number of pyridine rings is 1. The van der Waals surface area contributed by atoms with Gasteiger partial charge in [0.1, 0.15) is 5.75 Å². The van der Waals surface area contributed by atoms with Crippen molar-refractivity contribution in [2.75, 3.05) is 12.9 Å². The molecule has 1 aromatic carbocycles. The predicted molar refractivity (Wildman–Crippen MR) is 92.0 cm³/mol. The summed E-state index contributed by atoms with van der Waals surface area (Å²) in [5.41, 5.74) is 3.16. The number of carbonyl (C=O) groups is 1. The zero-order valence-corrected chi connectivity index (χ0v) is 14.7. The van der Waals surface area contributed by atoms with Gasteiger partial charge in [0.2, 0.25) is 0 Å².